The Balaban J connectivity index is 2.05. The maximum Gasteiger partial charge on any atom is 0.416 e. The summed E-state index contributed by atoms with van der Waals surface area (Å²) in [5, 5.41) is 2.73. The van der Waals surface area contributed by atoms with Gasteiger partial charge in [0.05, 0.1) is 11.1 Å². The molecule has 0 heterocycles. The van der Waals surface area contributed by atoms with Crippen molar-refractivity contribution >= 4 is 17.6 Å². The van der Waals surface area contributed by atoms with Gasteiger partial charge in [0.1, 0.15) is 0 Å². The molecule has 2 aromatic rings. The molecule has 2 aromatic carbocycles. The van der Waals surface area contributed by atoms with Crippen LogP contribution in [-0.2, 0) is 15.7 Å². The lowest BCUT2D eigenvalue weighted by molar-refractivity contribution is -0.137. The van der Waals surface area contributed by atoms with Gasteiger partial charge < -0.3 is 10.1 Å². The minimum atomic E-state index is -4.49. The van der Waals surface area contributed by atoms with Crippen molar-refractivity contribution in [2.75, 3.05) is 5.32 Å². The summed E-state index contributed by atoms with van der Waals surface area (Å²) < 4.78 is 42.8. The highest BCUT2D eigenvalue weighted by molar-refractivity contribution is 5.98. The third-order valence-corrected chi connectivity index (χ3v) is 4.03. The second-order valence-corrected chi connectivity index (χ2v) is 6.39. The average molecular weight is 379 g/mol. The number of ether oxygens (including phenoxy) is 1. The number of carbonyl (C=O) groups is 2. The van der Waals surface area contributed by atoms with E-state index in [2.05, 4.69) is 5.32 Å². The molecular weight excluding hydrogens is 359 g/mol. The van der Waals surface area contributed by atoms with Crippen molar-refractivity contribution in [1.29, 1.82) is 0 Å². The fourth-order valence-corrected chi connectivity index (χ4v) is 2.68. The number of hydrogen-bond acceptors (Lipinski definition) is 3. The number of alkyl halides is 3. The van der Waals surface area contributed by atoms with Gasteiger partial charge in [-0.2, -0.15) is 13.2 Å². The predicted molar refractivity (Wildman–Crippen MR) is 95.6 cm³/mol. The first-order valence-electron chi connectivity index (χ1n) is 8.26. The van der Waals surface area contributed by atoms with Crippen LogP contribution in [0.1, 0.15) is 39.5 Å². The van der Waals surface area contributed by atoms with Gasteiger partial charge in [0.2, 0.25) is 0 Å². The number of esters is 1. The Morgan fingerprint density at radius 3 is 2.00 bits per heavy atom. The van der Waals surface area contributed by atoms with E-state index in [9.17, 15) is 22.8 Å². The standard InChI is InChI=1S/C20H20F3NO3/c1-11-9-12(2)17(13(3)10-11)24-18(25)14(4)27-19(26)15-5-7-16(8-6-15)20(21,22)23/h5-10,14H,1-4H3,(H,24,25)/t14-/m0/s1. The van der Waals surface area contributed by atoms with E-state index in [1.807, 2.05) is 32.9 Å². The molecule has 0 saturated heterocycles. The smallest absolute Gasteiger partial charge is 0.416 e. The number of hydrogen-bond donors (Lipinski definition) is 1. The highest BCUT2D eigenvalue weighted by Crippen LogP contribution is 2.29. The van der Waals surface area contributed by atoms with Crippen LogP contribution in [0.5, 0.6) is 0 Å². The van der Waals surface area contributed by atoms with Crippen molar-refractivity contribution in [3.63, 3.8) is 0 Å². The monoisotopic (exact) mass is 379 g/mol. The molecule has 7 heteroatoms. The van der Waals surface area contributed by atoms with E-state index >= 15 is 0 Å². The second kappa shape index (κ2) is 7.82. The molecule has 0 aliphatic carbocycles. The number of benzene rings is 2. The van der Waals surface area contributed by atoms with Crippen LogP contribution in [0.2, 0.25) is 0 Å². The lowest BCUT2D eigenvalue weighted by Crippen LogP contribution is -2.30. The molecule has 0 aliphatic heterocycles. The zero-order chi connectivity index (χ0) is 20.4. The Morgan fingerprint density at radius 2 is 1.52 bits per heavy atom. The molecule has 27 heavy (non-hydrogen) atoms. The molecule has 0 radical (unpaired) electrons. The molecule has 144 valence electrons. The summed E-state index contributed by atoms with van der Waals surface area (Å²) in [6.07, 6.45) is -5.60. The van der Waals surface area contributed by atoms with Crippen LogP contribution in [0.15, 0.2) is 36.4 Å². The number of anilines is 1. The number of amides is 1. The minimum absolute atomic E-state index is 0.0645. The highest BCUT2D eigenvalue weighted by Gasteiger charge is 2.30. The highest BCUT2D eigenvalue weighted by atomic mass is 19.4. The summed E-state index contributed by atoms with van der Waals surface area (Å²) in [7, 11) is 0. The van der Waals surface area contributed by atoms with Gasteiger partial charge in [0.15, 0.2) is 6.10 Å². The van der Waals surface area contributed by atoms with Gasteiger partial charge in [-0.05, 0) is 63.1 Å². The van der Waals surface area contributed by atoms with Crippen LogP contribution in [0.3, 0.4) is 0 Å². The van der Waals surface area contributed by atoms with Gasteiger partial charge in [0.25, 0.3) is 5.91 Å². The molecule has 0 fully saturated rings. The van der Waals surface area contributed by atoms with Gasteiger partial charge in [-0.15, -0.1) is 0 Å². The first-order valence-corrected chi connectivity index (χ1v) is 8.26. The minimum Gasteiger partial charge on any atom is -0.449 e. The van der Waals surface area contributed by atoms with Crippen LogP contribution in [0.4, 0.5) is 18.9 Å². The van der Waals surface area contributed by atoms with Gasteiger partial charge >= 0.3 is 12.1 Å². The molecule has 0 aliphatic rings. The summed E-state index contributed by atoms with van der Waals surface area (Å²) in [4.78, 5) is 24.4. The lowest BCUT2D eigenvalue weighted by atomic mass is 10.0. The van der Waals surface area contributed by atoms with E-state index < -0.39 is 29.7 Å². The van der Waals surface area contributed by atoms with Crippen LogP contribution in [0.25, 0.3) is 0 Å². The summed E-state index contributed by atoms with van der Waals surface area (Å²) in [6, 6.07) is 7.46. The largest absolute Gasteiger partial charge is 0.449 e. The fourth-order valence-electron chi connectivity index (χ4n) is 2.68. The Kier molecular flexibility index (Phi) is 5.93. The molecule has 1 amide bonds. The number of aryl methyl sites for hydroxylation is 3. The van der Waals surface area contributed by atoms with Gasteiger partial charge in [-0.25, -0.2) is 4.79 Å². The normalized spacial score (nSPS) is 12.4. The number of carbonyl (C=O) groups excluding carboxylic acids is 2. The van der Waals surface area contributed by atoms with E-state index in [-0.39, 0.29) is 5.56 Å². The molecule has 0 unspecified atom stereocenters. The van der Waals surface area contributed by atoms with Crippen LogP contribution >= 0.6 is 0 Å². The van der Waals surface area contributed by atoms with Crippen molar-refractivity contribution in [1.82, 2.24) is 0 Å². The Morgan fingerprint density at radius 1 is 1.00 bits per heavy atom. The van der Waals surface area contributed by atoms with Crippen molar-refractivity contribution in [2.24, 2.45) is 0 Å². The lowest BCUT2D eigenvalue weighted by Gasteiger charge is -2.17. The van der Waals surface area contributed by atoms with Crippen LogP contribution in [0, 0.1) is 20.8 Å². The zero-order valence-electron chi connectivity index (χ0n) is 15.4. The van der Waals surface area contributed by atoms with E-state index in [0.717, 1.165) is 41.0 Å². The molecular formula is C20H20F3NO3. The molecule has 4 nitrogen and oxygen atoms in total. The van der Waals surface area contributed by atoms with Gasteiger partial charge in [-0.3, -0.25) is 4.79 Å². The van der Waals surface area contributed by atoms with Gasteiger partial charge in [0, 0.05) is 5.69 Å². The van der Waals surface area contributed by atoms with Crippen molar-refractivity contribution in [3.8, 4) is 0 Å². The first-order chi connectivity index (χ1) is 12.5. The third kappa shape index (κ3) is 5.09. The van der Waals surface area contributed by atoms with Crippen molar-refractivity contribution < 1.29 is 27.5 Å². The molecule has 0 spiro atoms. The van der Waals surface area contributed by atoms with E-state index in [4.69, 9.17) is 4.74 Å². The maximum absolute atomic E-state index is 12.6. The SMILES string of the molecule is Cc1cc(C)c(NC(=O)[C@H](C)OC(=O)c2ccc(C(F)(F)F)cc2)c(C)c1. The fraction of sp³-hybridized carbons (Fsp3) is 0.300. The van der Waals surface area contributed by atoms with Crippen molar-refractivity contribution in [3.05, 3.63) is 64.2 Å². The maximum atomic E-state index is 12.6. The summed E-state index contributed by atoms with van der Waals surface area (Å²) >= 11 is 0. The van der Waals surface area contributed by atoms with E-state index in [0.29, 0.717) is 5.69 Å². The van der Waals surface area contributed by atoms with Crippen molar-refractivity contribution in [2.45, 2.75) is 40.0 Å². The third-order valence-electron chi connectivity index (χ3n) is 4.03. The Labute approximate surface area is 155 Å². The van der Waals surface area contributed by atoms with Crippen LogP contribution in [-0.4, -0.2) is 18.0 Å². The van der Waals surface area contributed by atoms with Crippen LogP contribution < -0.4 is 5.32 Å². The average Bonchev–Trinajstić information content (AvgIpc) is 2.57. The van der Waals surface area contributed by atoms with E-state index in [1.54, 1.807) is 0 Å². The summed E-state index contributed by atoms with van der Waals surface area (Å²) in [5.74, 6) is -1.39. The zero-order valence-corrected chi connectivity index (χ0v) is 15.4. The molecule has 2 rings (SSSR count). The first kappa shape index (κ1) is 20.5. The molecule has 0 saturated carbocycles. The number of nitrogens with one attached hydrogen (secondary N) is 1. The quantitative estimate of drug-likeness (QED) is 0.776. The second-order valence-electron chi connectivity index (χ2n) is 6.39. The Bertz CT molecular complexity index is 835. The summed E-state index contributed by atoms with van der Waals surface area (Å²) in [5.41, 5.74) is 2.53. The number of halogens is 3. The van der Waals surface area contributed by atoms with E-state index in [1.165, 1.54) is 6.92 Å². The molecule has 0 bridgehead atoms. The molecule has 0 aromatic heterocycles. The summed E-state index contributed by atoms with van der Waals surface area (Å²) in [6.45, 7) is 7.05. The molecule has 1 N–H and O–H groups in total. The van der Waals surface area contributed by atoms with Gasteiger partial charge in [-0.1, -0.05) is 17.7 Å². The number of rotatable bonds is 4. The molecule has 1 atom stereocenters. The topological polar surface area (TPSA) is 55.4 Å². The Hall–Kier alpha value is -2.83. The predicted octanol–water partition coefficient (Wildman–Crippen LogP) is 4.81.